The monoisotopic (exact) mass is 294 g/mol. The van der Waals surface area contributed by atoms with E-state index in [1.165, 1.54) is 21.2 Å². The molecule has 2 heteroatoms. The lowest BCUT2D eigenvalue weighted by molar-refractivity contribution is 1.13. The van der Waals surface area contributed by atoms with Crippen molar-refractivity contribution in [3.8, 4) is 11.1 Å². The van der Waals surface area contributed by atoms with Gasteiger partial charge in [0.15, 0.2) is 0 Å². The van der Waals surface area contributed by atoms with Crippen molar-refractivity contribution in [2.75, 3.05) is 0 Å². The summed E-state index contributed by atoms with van der Waals surface area (Å²) >= 11 is 9.43. The standard InChI is InChI=1S/C14H12BrCl/c1-2-10-9-12(5-8-14(10)15)11-3-6-13(16)7-4-11/h3-9H,2H2,1H3. The molecule has 0 nitrogen and oxygen atoms in total. The zero-order valence-electron chi connectivity index (χ0n) is 9.00. The highest BCUT2D eigenvalue weighted by atomic mass is 79.9. The smallest absolute Gasteiger partial charge is 0.0406 e. The minimum absolute atomic E-state index is 0.775. The fourth-order valence-corrected chi connectivity index (χ4v) is 2.32. The molecule has 0 aromatic heterocycles. The van der Waals surface area contributed by atoms with Crippen LogP contribution in [0.2, 0.25) is 5.02 Å². The number of aryl methyl sites for hydroxylation is 1. The Labute approximate surface area is 109 Å². The first kappa shape index (κ1) is 11.7. The van der Waals surface area contributed by atoms with Crippen LogP contribution >= 0.6 is 27.5 Å². The van der Waals surface area contributed by atoms with E-state index < -0.39 is 0 Å². The summed E-state index contributed by atoms with van der Waals surface area (Å²) in [6.07, 6.45) is 1.03. The first-order valence-electron chi connectivity index (χ1n) is 5.25. The summed E-state index contributed by atoms with van der Waals surface area (Å²) in [6, 6.07) is 14.4. The molecule has 0 saturated carbocycles. The van der Waals surface area contributed by atoms with Crippen LogP contribution in [0.15, 0.2) is 46.9 Å². The molecule has 0 fully saturated rings. The Hall–Kier alpha value is -0.790. The van der Waals surface area contributed by atoms with Crippen molar-refractivity contribution >= 4 is 27.5 Å². The molecule has 2 aromatic carbocycles. The summed E-state index contributed by atoms with van der Waals surface area (Å²) in [7, 11) is 0. The lowest BCUT2D eigenvalue weighted by Gasteiger charge is -2.06. The number of benzene rings is 2. The summed E-state index contributed by atoms with van der Waals surface area (Å²) in [5.74, 6) is 0. The van der Waals surface area contributed by atoms with Gasteiger partial charge in [0, 0.05) is 9.50 Å². The molecule has 0 spiro atoms. The van der Waals surface area contributed by atoms with E-state index in [1.807, 2.05) is 24.3 Å². The predicted molar refractivity (Wildman–Crippen MR) is 74.0 cm³/mol. The van der Waals surface area contributed by atoms with Crippen molar-refractivity contribution in [2.24, 2.45) is 0 Å². The Morgan fingerprint density at radius 1 is 1.00 bits per heavy atom. The third-order valence-corrected chi connectivity index (χ3v) is 3.63. The summed E-state index contributed by atoms with van der Waals surface area (Å²) in [6.45, 7) is 2.16. The average Bonchev–Trinajstić information content (AvgIpc) is 2.31. The van der Waals surface area contributed by atoms with Crippen molar-refractivity contribution in [1.82, 2.24) is 0 Å². The first-order chi connectivity index (χ1) is 7.70. The van der Waals surface area contributed by atoms with Gasteiger partial charge in [0.1, 0.15) is 0 Å². The van der Waals surface area contributed by atoms with E-state index >= 15 is 0 Å². The molecular weight excluding hydrogens is 284 g/mol. The maximum absolute atomic E-state index is 5.88. The second-order valence-electron chi connectivity index (χ2n) is 3.67. The SMILES string of the molecule is CCc1cc(-c2ccc(Cl)cc2)ccc1Br. The highest BCUT2D eigenvalue weighted by Gasteiger charge is 2.02. The molecule has 0 atom stereocenters. The van der Waals surface area contributed by atoms with Crippen LogP contribution in [-0.4, -0.2) is 0 Å². The Morgan fingerprint density at radius 3 is 2.25 bits per heavy atom. The van der Waals surface area contributed by atoms with E-state index in [4.69, 9.17) is 11.6 Å². The van der Waals surface area contributed by atoms with Crippen LogP contribution in [0.5, 0.6) is 0 Å². The van der Waals surface area contributed by atoms with E-state index in [9.17, 15) is 0 Å². The number of halogens is 2. The molecule has 2 aromatic rings. The molecule has 0 aliphatic rings. The second-order valence-corrected chi connectivity index (χ2v) is 4.96. The molecule has 0 aliphatic heterocycles. The summed E-state index contributed by atoms with van der Waals surface area (Å²) in [5, 5.41) is 0.775. The minimum Gasteiger partial charge on any atom is -0.0843 e. The number of hydrogen-bond donors (Lipinski definition) is 0. The fraction of sp³-hybridized carbons (Fsp3) is 0.143. The minimum atomic E-state index is 0.775. The molecule has 0 heterocycles. The van der Waals surface area contributed by atoms with Gasteiger partial charge in [-0.3, -0.25) is 0 Å². The van der Waals surface area contributed by atoms with Crippen LogP contribution in [0.3, 0.4) is 0 Å². The van der Waals surface area contributed by atoms with Crippen LogP contribution in [-0.2, 0) is 6.42 Å². The average molecular weight is 296 g/mol. The van der Waals surface area contributed by atoms with Gasteiger partial charge in [-0.05, 0) is 41.3 Å². The zero-order chi connectivity index (χ0) is 11.5. The van der Waals surface area contributed by atoms with Gasteiger partial charge in [-0.1, -0.05) is 58.7 Å². The number of hydrogen-bond acceptors (Lipinski definition) is 0. The summed E-state index contributed by atoms with van der Waals surface area (Å²) in [4.78, 5) is 0. The maximum atomic E-state index is 5.88. The number of rotatable bonds is 2. The van der Waals surface area contributed by atoms with Gasteiger partial charge >= 0.3 is 0 Å². The first-order valence-corrected chi connectivity index (χ1v) is 6.42. The summed E-state index contributed by atoms with van der Waals surface area (Å²) in [5.41, 5.74) is 3.76. The Kier molecular flexibility index (Phi) is 3.67. The molecule has 0 N–H and O–H groups in total. The quantitative estimate of drug-likeness (QED) is 0.702. The van der Waals surface area contributed by atoms with Crippen LogP contribution < -0.4 is 0 Å². The Bertz CT molecular complexity index is 489. The third kappa shape index (κ3) is 2.47. The molecule has 0 unspecified atom stereocenters. The van der Waals surface area contributed by atoms with E-state index in [-0.39, 0.29) is 0 Å². The van der Waals surface area contributed by atoms with Gasteiger partial charge in [0.05, 0.1) is 0 Å². The van der Waals surface area contributed by atoms with Crippen LogP contribution in [0.1, 0.15) is 12.5 Å². The normalized spacial score (nSPS) is 10.4. The van der Waals surface area contributed by atoms with Crippen molar-refractivity contribution in [2.45, 2.75) is 13.3 Å². The molecular formula is C14H12BrCl. The van der Waals surface area contributed by atoms with Gasteiger partial charge in [-0.15, -0.1) is 0 Å². The van der Waals surface area contributed by atoms with Crippen LogP contribution in [0.25, 0.3) is 11.1 Å². The molecule has 16 heavy (non-hydrogen) atoms. The topological polar surface area (TPSA) is 0 Å². The van der Waals surface area contributed by atoms with Crippen molar-refractivity contribution < 1.29 is 0 Å². The fourth-order valence-electron chi connectivity index (χ4n) is 1.67. The van der Waals surface area contributed by atoms with Crippen molar-refractivity contribution in [3.63, 3.8) is 0 Å². The van der Waals surface area contributed by atoms with Crippen LogP contribution in [0.4, 0.5) is 0 Å². The van der Waals surface area contributed by atoms with Crippen LogP contribution in [0, 0.1) is 0 Å². The molecule has 82 valence electrons. The van der Waals surface area contributed by atoms with E-state index in [0.717, 1.165) is 11.4 Å². The van der Waals surface area contributed by atoms with E-state index in [0.29, 0.717) is 0 Å². The predicted octanol–water partition coefficient (Wildman–Crippen LogP) is 5.33. The highest BCUT2D eigenvalue weighted by molar-refractivity contribution is 9.10. The van der Waals surface area contributed by atoms with E-state index in [2.05, 4.69) is 41.1 Å². The van der Waals surface area contributed by atoms with Gasteiger partial charge in [0.25, 0.3) is 0 Å². The van der Waals surface area contributed by atoms with Gasteiger partial charge in [-0.25, -0.2) is 0 Å². The molecule has 0 radical (unpaired) electrons. The molecule has 2 rings (SSSR count). The maximum Gasteiger partial charge on any atom is 0.0406 e. The third-order valence-electron chi connectivity index (χ3n) is 2.60. The largest absolute Gasteiger partial charge is 0.0843 e. The molecule has 0 aliphatic carbocycles. The lowest BCUT2D eigenvalue weighted by atomic mass is 10.0. The van der Waals surface area contributed by atoms with Gasteiger partial charge in [0.2, 0.25) is 0 Å². The lowest BCUT2D eigenvalue weighted by Crippen LogP contribution is -1.85. The van der Waals surface area contributed by atoms with Gasteiger partial charge < -0.3 is 0 Å². The van der Waals surface area contributed by atoms with Gasteiger partial charge in [-0.2, -0.15) is 0 Å². The molecule has 0 bridgehead atoms. The zero-order valence-corrected chi connectivity index (χ0v) is 11.3. The van der Waals surface area contributed by atoms with Crippen molar-refractivity contribution in [3.05, 3.63) is 57.5 Å². The Morgan fingerprint density at radius 2 is 1.62 bits per heavy atom. The highest BCUT2D eigenvalue weighted by Crippen LogP contribution is 2.26. The second kappa shape index (κ2) is 5.03. The molecule has 0 amide bonds. The Balaban J connectivity index is 2.44. The summed E-state index contributed by atoms with van der Waals surface area (Å²) < 4.78 is 1.17. The van der Waals surface area contributed by atoms with Crippen molar-refractivity contribution in [1.29, 1.82) is 0 Å². The van der Waals surface area contributed by atoms with E-state index in [1.54, 1.807) is 0 Å². The molecule has 0 saturated heterocycles.